The number of carbonyl (C=O) groups is 1. The number of halogens is 3. The van der Waals surface area contributed by atoms with Crippen LogP contribution >= 0.6 is 0 Å². The van der Waals surface area contributed by atoms with Crippen molar-refractivity contribution in [3.63, 3.8) is 0 Å². The SMILES string of the molecule is CCN(CCCc1c[nH]c2c(F)cc(F)cc12)C1=Cc2c(F)ccc(C(N)=O)c2OC1. The predicted octanol–water partition coefficient (Wildman–Crippen LogP) is 4.37. The quantitative estimate of drug-likeness (QED) is 0.586. The maximum absolute atomic E-state index is 14.3. The van der Waals surface area contributed by atoms with Crippen molar-refractivity contribution >= 4 is 22.9 Å². The van der Waals surface area contributed by atoms with Gasteiger partial charge in [0.05, 0.1) is 22.3 Å². The lowest BCUT2D eigenvalue weighted by Crippen LogP contribution is -2.30. The molecule has 31 heavy (non-hydrogen) atoms. The smallest absolute Gasteiger partial charge is 0.252 e. The van der Waals surface area contributed by atoms with Gasteiger partial charge in [0.2, 0.25) is 0 Å². The maximum Gasteiger partial charge on any atom is 0.252 e. The summed E-state index contributed by atoms with van der Waals surface area (Å²) in [4.78, 5) is 16.5. The van der Waals surface area contributed by atoms with Gasteiger partial charge in [-0.15, -0.1) is 0 Å². The third-order valence-corrected chi connectivity index (χ3v) is 5.54. The van der Waals surface area contributed by atoms with Gasteiger partial charge in [0.1, 0.15) is 29.8 Å². The molecule has 162 valence electrons. The molecule has 0 saturated heterocycles. The Morgan fingerprint density at radius 3 is 2.77 bits per heavy atom. The van der Waals surface area contributed by atoms with Gasteiger partial charge in [0.25, 0.3) is 5.91 Å². The number of nitrogens with two attached hydrogens (primary N) is 1. The van der Waals surface area contributed by atoms with E-state index < -0.39 is 23.4 Å². The number of primary amides is 1. The first kappa shape index (κ1) is 20.8. The lowest BCUT2D eigenvalue weighted by atomic mass is 10.0. The third-order valence-electron chi connectivity index (χ3n) is 5.54. The summed E-state index contributed by atoms with van der Waals surface area (Å²) in [6.07, 6.45) is 4.71. The number of fused-ring (bicyclic) bond motifs is 2. The van der Waals surface area contributed by atoms with Crippen molar-refractivity contribution in [3.8, 4) is 5.75 Å². The summed E-state index contributed by atoms with van der Waals surface area (Å²) >= 11 is 0. The highest BCUT2D eigenvalue weighted by atomic mass is 19.1. The number of H-pyrrole nitrogens is 1. The number of nitrogens with one attached hydrogen (secondary N) is 1. The normalized spacial score (nSPS) is 13.0. The number of aryl methyl sites for hydroxylation is 1. The fourth-order valence-corrected chi connectivity index (χ4v) is 3.98. The zero-order valence-electron chi connectivity index (χ0n) is 17.0. The number of amides is 1. The first-order valence-electron chi connectivity index (χ1n) is 10.0. The summed E-state index contributed by atoms with van der Waals surface area (Å²) in [5.74, 6) is -2.23. The average Bonchev–Trinajstić information content (AvgIpc) is 3.14. The van der Waals surface area contributed by atoms with E-state index in [0.717, 1.165) is 17.3 Å². The van der Waals surface area contributed by atoms with Gasteiger partial charge in [-0.3, -0.25) is 4.79 Å². The van der Waals surface area contributed by atoms with Crippen LogP contribution in [0.25, 0.3) is 17.0 Å². The molecule has 3 N–H and O–H groups in total. The molecule has 0 unspecified atom stereocenters. The predicted molar refractivity (Wildman–Crippen MR) is 112 cm³/mol. The largest absolute Gasteiger partial charge is 0.486 e. The Morgan fingerprint density at radius 1 is 1.23 bits per heavy atom. The van der Waals surface area contributed by atoms with Gasteiger partial charge in [-0.05, 0) is 49.6 Å². The second-order valence-corrected chi connectivity index (χ2v) is 7.43. The van der Waals surface area contributed by atoms with Crippen molar-refractivity contribution in [1.82, 2.24) is 9.88 Å². The van der Waals surface area contributed by atoms with E-state index >= 15 is 0 Å². The molecular formula is C23H22F3N3O2. The number of benzene rings is 2. The molecule has 5 nitrogen and oxygen atoms in total. The summed E-state index contributed by atoms with van der Waals surface area (Å²) in [5, 5.41) is 0.538. The van der Waals surface area contributed by atoms with E-state index in [1.165, 1.54) is 18.2 Å². The number of aromatic nitrogens is 1. The van der Waals surface area contributed by atoms with Crippen molar-refractivity contribution < 1.29 is 22.7 Å². The molecule has 0 aliphatic carbocycles. The highest BCUT2D eigenvalue weighted by molar-refractivity contribution is 5.97. The van der Waals surface area contributed by atoms with Crippen LogP contribution < -0.4 is 10.5 Å². The molecule has 1 aromatic heterocycles. The lowest BCUT2D eigenvalue weighted by molar-refractivity contribution is 0.0996. The summed E-state index contributed by atoms with van der Waals surface area (Å²) in [7, 11) is 0. The van der Waals surface area contributed by atoms with E-state index in [9.17, 15) is 18.0 Å². The molecule has 0 atom stereocenters. The van der Waals surface area contributed by atoms with Gasteiger partial charge in [-0.2, -0.15) is 0 Å². The van der Waals surface area contributed by atoms with Crippen LogP contribution in [0.4, 0.5) is 13.2 Å². The highest BCUT2D eigenvalue weighted by Gasteiger charge is 2.23. The Labute approximate surface area is 177 Å². The number of aromatic amines is 1. The number of carbonyl (C=O) groups excluding carboxylic acids is 1. The van der Waals surface area contributed by atoms with E-state index in [0.29, 0.717) is 36.8 Å². The van der Waals surface area contributed by atoms with Crippen LogP contribution in [0.3, 0.4) is 0 Å². The average molecular weight is 429 g/mol. The number of rotatable bonds is 7. The molecule has 4 rings (SSSR count). The summed E-state index contributed by atoms with van der Waals surface area (Å²) in [6, 6.07) is 4.71. The minimum Gasteiger partial charge on any atom is -0.486 e. The van der Waals surface area contributed by atoms with Crippen molar-refractivity contribution in [3.05, 3.63) is 70.3 Å². The van der Waals surface area contributed by atoms with Crippen LogP contribution in [0, 0.1) is 17.5 Å². The minimum atomic E-state index is -0.674. The van der Waals surface area contributed by atoms with E-state index in [-0.39, 0.29) is 23.5 Å². The zero-order chi connectivity index (χ0) is 22.1. The van der Waals surface area contributed by atoms with Crippen LogP contribution in [0.15, 0.2) is 36.2 Å². The van der Waals surface area contributed by atoms with Gasteiger partial charge >= 0.3 is 0 Å². The molecular weight excluding hydrogens is 407 g/mol. The number of ether oxygens (including phenoxy) is 1. The molecule has 0 saturated carbocycles. The molecule has 1 aliphatic heterocycles. The summed E-state index contributed by atoms with van der Waals surface area (Å²) in [5.41, 5.74) is 7.62. The van der Waals surface area contributed by atoms with Crippen LogP contribution in [0.1, 0.15) is 34.8 Å². The highest BCUT2D eigenvalue weighted by Crippen LogP contribution is 2.33. The lowest BCUT2D eigenvalue weighted by Gasteiger charge is -2.30. The number of hydrogen-bond acceptors (Lipinski definition) is 3. The maximum atomic E-state index is 14.3. The van der Waals surface area contributed by atoms with E-state index in [1.54, 1.807) is 12.3 Å². The van der Waals surface area contributed by atoms with Crippen LogP contribution in [0.2, 0.25) is 0 Å². The molecule has 1 aliphatic rings. The van der Waals surface area contributed by atoms with Crippen molar-refractivity contribution in [2.24, 2.45) is 5.73 Å². The topological polar surface area (TPSA) is 71.3 Å². The Kier molecular flexibility index (Phi) is 5.63. The molecule has 1 amide bonds. The Morgan fingerprint density at radius 2 is 2.03 bits per heavy atom. The first-order chi connectivity index (χ1) is 14.9. The fourth-order valence-electron chi connectivity index (χ4n) is 3.98. The second kappa shape index (κ2) is 8.37. The molecule has 0 spiro atoms. The van der Waals surface area contributed by atoms with Gasteiger partial charge in [-0.25, -0.2) is 13.2 Å². The molecule has 2 aromatic carbocycles. The van der Waals surface area contributed by atoms with Gasteiger partial charge in [-0.1, -0.05) is 0 Å². The summed E-state index contributed by atoms with van der Waals surface area (Å²) in [6.45, 7) is 3.47. The van der Waals surface area contributed by atoms with Gasteiger partial charge in [0.15, 0.2) is 0 Å². The van der Waals surface area contributed by atoms with E-state index in [4.69, 9.17) is 10.5 Å². The van der Waals surface area contributed by atoms with Crippen LogP contribution in [0.5, 0.6) is 5.75 Å². The second-order valence-electron chi connectivity index (χ2n) is 7.43. The molecule has 0 fully saturated rings. The molecule has 0 radical (unpaired) electrons. The summed E-state index contributed by atoms with van der Waals surface area (Å²) < 4.78 is 47.5. The van der Waals surface area contributed by atoms with Gasteiger partial charge in [0, 0.05) is 30.7 Å². The minimum absolute atomic E-state index is 0.147. The Hall–Kier alpha value is -3.42. The van der Waals surface area contributed by atoms with Gasteiger partial charge < -0.3 is 20.4 Å². The number of likely N-dealkylation sites (N-methyl/N-ethyl adjacent to an activating group) is 1. The third kappa shape index (κ3) is 3.97. The fraction of sp³-hybridized carbons (Fsp3) is 0.261. The van der Waals surface area contributed by atoms with Crippen molar-refractivity contribution in [1.29, 1.82) is 0 Å². The van der Waals surface area contributed by atoms with Crippen molar-refractivity contribution in [2.45, 2.75) is 19.8 Å². The standard InChI is InChI=1S/C23H22F3N3O2/c1-2-29(7-3-4-13-11-28-21-17(13)8-14(24)9-20(21)26)15-10-18-19(25)6-5-16(23(27)30)22(18)31-12-15/h5-6,8-11,28H,2-4,7,12H2,1H3,(H2,27,30). The van der Waals surface area contributed by atoms with Crippen molar-refractivity contribution in [2.75, 3.05) is 19.7 Å². The first-order valence-corrected chi connectivity index (χ1v) is 10.0. The Bertz CT molecular complexity index is 1190. The molecule has 0 bridgehead atoms. The van der Waals surface area contributed by atoms with Crippen LogP contribution in [-0.2, 0) is 6.42 Å². The van der Waals surface area contributed by atoms with Crippen LogP contribution in [-0.4, -0.2) is 35.5 Å². The zero-order valence-corrected chi connectivity index (χ0v) is 17.0. The Balaban J connectivity index is 1.50. The molecule has 2 heterocycles. The monoisotopic (exact) mass is 429 g/mol. The number of hydrogen-bond donors (Lipinski definition) is 2. The molecule has 8 heteroatoms. The van der Waals surface area contributed by atoms with E-state index in [1.807, 2.05) is 6.92 Å². The molecule has 3 aromatic rings. The van der Waals surface area contributed by atoms with E-state index in [2.05, 4.69) is 9.88 Å². The number of nitrogens with zero attached hydrogens (tertiary/aromatic N) is 1.